The van der Waals surface area contributed by atoms with Gasteiger partial charge in [-0.15, -0.1) is 10.2 Å². The first-order valence-corrected chi connectivity index (χ1v) is 6.32. The van der Waals surface area contributed by atoms with Crippen molar-refractivity contribution in [1.82, 2.24) is 20.6 Å². The molecule has 21 heavy (non-hydrogen) atoms. The smallest absolute Gasteiger partial charge is 0.297 e. The van der Waals surface area contributed by atoms with Crippen LogP contribution in [0.15, 0.2) is 24.3 Å². The Hall–Kier alpha value is -2.77. The molecule has 0 saturated carbocycles. The summed E-state index contributed by atoms with van der Waals surface area (Å²) in [7, 11) is 0. The van der Waals surface area contributed by atoms with E-state index in [-0.39, 0.29) is 11.7 Å². The lowest BCUT2D eigenvalue weighted by molar-refractivity contribution is -0.123. The zero-order chi connectivity index (χ0) is 15.5. The van der Waals surface area contributed by atoms with E-state index in [9.17, 15) is 9.59 Å². The third kappa shape index (κ3) is 3.85. The Morgan fingerprint density at radius 2 is 1.62 bits per heavy atom. The van der Waals surface area contributed by atoms with Crippen molar-refractivity contribution in [2.45, 2.75) is 20.8 Å². The number of nitrogens with one attached hydrogen (secondary N) is 3. The minimum Gasteiger partial charge on any atom is -0.326 e. The number of carbonyl (C=O) groups is 2. The van der Waals surface area contributed by atoms with E-state index < -0.39 is 11.3 Å². The number of tetrazole rings is 1. The Bertz CT molecular complexity index is 628. The van der Waals surface area contributed by atoms with Gasteiger partial charge < -0.3 is 10.6 Å². The predicted octanol–water partition coefficient (Wildman–Crippen LogP) is 1.44. The summed E-state index contributed by atoms with van der Waals surface area (Å²) in [5.74, 6) is -0.582. The molecule has 8 nitrogen and oxygen atoms in total. The fourth-order valence-electron chi connectivity index (χ4n) is 1.40. The Kier molecular flexibility index (Phi) is 3.97. The molecule has 0 aliphatic rings. The van der Waals surface area contributed by atoms with Gasteiger partial charge in [0.15, 0.2) is 0 Å². The van der Waals surface area contributed by atoms with E-state index in [1.54, 1.807) is 24.3 Å². The molecule has 1 heterocycles. The van der Waals surface area contributed by atoms with Gasteiger partial charge in [0.05, 0.1) is 0 Å². The van der Waals surface area contributed by atoms with Crippen molar-refractivity contribution in [1.29, 1.82) is 0 Å². The first-order valence-electron chi connectivity index (χ1n) is 6.32. The highest BCUT2D eigenvalue weighted by atomic mass is 16.2. The number of amides is 2. The summed E-state index contributed by atoms with van der Waals surface area (Å²) in [6.07, 6.45) is 0. The van der Waals surface area contributed by atoms with Gasteiger partial charge in [-0.3, -0.25) is 9.59 Å². The Morgan fingerprint density at radius 1 is 1.05 bits per heavy atom. The molecule has 0 saturated heterocycles. The van der Waals surface area contributed by atoms with Gasteiger partial charge in [-0.05, 0) is 29.5 Å². The summed E-state index contributed by atoms with van der Waals surface area (Å²) >= 11 is 0. The molecule has 0 aliphatic heterocycles. The summed E-state index contributed by atoms with van der Waals surface area (Å²) in [5, 5.41) is 18.1. The van der Waals surface area contributed by atoms with E-state index in [0.717, 1.165) is 0 Å². The van der Waals surface area contributed by atoms with Crippen LogP contribution >= 0.6 is 0 Å². The van der Waals surface area contributed by atoms with E-state index in [1.165, 1.54) is 0 Å². The lowest BCUT2D eigenvalue weighted by atomic mass is 9.95. The second-order valence-electron chi connectivity index (χ2n) is 5.47. The van der Waals surface area contributed by atoms with Crippen LogP contribution in [-0.2, 0) is 4.79 Å². The molecule has 8 heteroatoms. The predicted molar refractivity (Wildman–Crippen MR) is 76.7 cm³/mol. The van der Waals surface area contributed by atoms with Crippen LogP contribution in [0.1, 0.15) is 31.4 Å². The van der Waals surface area contributed by atoms with Crippen LogP contribution in [0.2, 0.25) is 0 Å². The van der Waals surface area contributed by atoms with Crippen LogP contribution in [0, 0.1) is 5.41 Å². The molecule has 0 aliphatic carbocycles. The van der Waals surface area contributed by atoms with Crippen LogP contribution in [0.5, 0.6) is 0 Å². The van der Waals surface area contributed by atoms with Gasteiger partial charge in [0.1, 0.15) is 0 Å². The summed E-state index contributed by atoms with van der Waals surface area (Å²) in [4.78, 5) is 23.5. The molecule has 0 fully saturated rings. The molecule has 0 spiro atoms. The number of nitrogens with zero attached hydrogens (tertiary/aromatic N) is 3. The van der Waals surface area contributed by atoms with Crippen LogP contribution in [-0.4, -0.2) is 32.4 Å². The molecule has 3 N–H and O–H groups in total. The number of hydrogen-bond donors (Lipinski definition) is 3. The first kappa shape index (κ1) is 14.6. The molecule has 1 aromatic heterocycles. The molecular formula is C13H16N6O2. The second-order valence-corrected chi connectivity index (χ2v) is 5.47. The van der Waals surface area contributed by atoms with Gasteiger partial charge in [0.25, 0.3) is 11.7 Å². The standard InChI is InChI=1S/C13H16N6O2/c1-13(2,3)12(21)15-9-6-4-8(5-7-9)14-11(20)10-16-18-19-17-10/h4-7H,1-3H3,(H,14,20)(H,15,21)(H,16,17,18,19). The van der Waals surface area contributed by atoms with Crippen molar-refractivity contribution in [3.8, 4) is 0 Å². The first-order chi connectivity index (χ1) is 9.86. The van der Waals surface area contributed by atoms with Gasteiger partial charge in [0.2, 0.25) is 5.91 Å². The minimum atomic E-state index is -0.467. The van der Waals surface area contributed by atoms with Gasteiger partial charge in [0, 0.05) is 16.8 Å². The van der Waals surface area contributed by atoms with Crippen molar-refractivity contribution >= 4 is 23.2 Å². The molecule has 0 unspecified atom stereocenters. The Labute approximate surface area is 121 Å². The number of hydrogen-bond acceptors (Lipinski definition) is 5. The van der Waals surface area contributed by atoms with E-state index in [2.05, 4.69) is 31.3 Å². The number of aromatic amines is 1. The lowest BCUT2D eigenvalue weighted by Gasteiger charge is -2.17. The molecule has 2 amide bonds. The number of aromatic nitrogens is 4. The highest BCUT2D eigenvalue weighted by molar-refractivity contribution is 6.01. The number of H-pyrrole nitrogens is 1. The van der Waals surface area contributed by atoms with Crippen molar-refractivity contribution in [2.75, 3.05) is 10.6 Å². The van der Waals surface area contributed by atoms with Crippen molar-refractivity contribution in [3.05, 3.63) is 30.1 Å². The molecule has 0 bridgehead atoms. The van der Waals surface area contributed by atoms with Crippen LogP contribution in [0.4, 0.5) is 11.4 Å². The maximum atomic E-state index is 11.8. The molecule has 2 rings (SSSR count). The molecule has 110 valence electrons. The summed E-state index contributed by atoms with van der Waals surface area (Å²) in [6, 6.07) is 6.76. The molecule has 0 atom stereocenters. The number of benzene rings is 1. The van der Waals surface area contributed by atoms with Crippen molar-refractivity contribution in [3.63, 3.8) is 0 Å². The van der Waals surface area contributed by atoms with E-state index >= 15 is 0 Å². The third-order valence-corrected chi connectivity index (χ3v) is 2.63. The highest BCUT2D eigenvalue weighted by Crippen LogP contribution is 2.19. The van der Waals surface area contributed by atoms with Crippen molar-refractivity contribution < 1.29 is 9.59 Å². The molecular weight excluding hydrogens is 272 g/mol. The Balaban J connectivity index is 1.99. The molecule has 2 aromatic rings. The largest absolute Gasteiger partial charge is 0.326 e. The average Bonchev–Trinajstić information content (AvgIpc) is 2.94. The van der Waals surface area contributed by atoms with Crippen LogP contribution in [0.25, 0.3) is 0 Å². The average molecular weight is 288 g/mol. The fourth-order valence-corrected chi connectivity index (χ4v) is 1.40. The zero-order valence-electron chi connectivity index (χ0n) is 12.0. The highest BCUT2D eigenvalue weighted by Gasteiger charge is 2.21. The number of rotatable bonds is 3. The minimum absolute atomic E-state index is 0.0416. The number of anilines is 2. The summed E-state index contributed by atoms with van der Waals surface area (Å²) in [5.41, 5.74) is 0.761. The summed E-state index contributed by atoms with van der Waals surface area (Å²) < 4.78 is 0. The second kappa shape index (κ2) is 5.70. The molecule has 0 radical (unpaired) electrons. The zero-order valence-corrected chi connectivity index (χ0v) is 12.0. The van der Waals surface area contributed by atoms with Crippen molar-refractivity contribution in [2.24, 2.45) is 5.41 Å². The topological polar surface area (TPSA) is 113 Å². The fraction of sp³-hybridized carbons (Fsp3) is 0.308. The number of carbonyl (C=O) groups excluding carboxylic acids is 2. The normalized spacial score (nSPS) is 11.0. The van der Waals surface area contributed by atoms with Crippen LogP contribution in [0.3, 0.4) is 0 Å². The van der Waals surface area contributed by atoms with E-state index in [1.807, 2.05) is 20.8 Å². The lowest BCUT2D eigenvalue weighted by Crippen LogP contribution is -2.27. The van der Waals surface area contributed by atoms with Crippen LogP contribution < -0.4 is 10.6 Å². The van der Waals surface area contributed by atoms with Gasteiger partial charge in [-0.25, -0.2) is 0 Å². The quantitative estimate of drug-likeness (QED) is 0.791. The molecule has 1 aromatic carbocycles. The van der Waals surface area contributed by atoms with E-state index in [0.29, 0.717) is 11.4 Å². The van der Waals surface area contributed by atoms with E-state index in [4.69, 9.17) is 0 Å². The maximum Gasteiger partial charge on any atom is 0.297 e. The monoisotopic (exact) mass is 288 g/mol. The van der Waals surface area contributed by atoms with Gasteiger partial charge in [-0.1, -0.05) is 20.8 Å². The third-order valence-electron chi connectivity index (χ3n) is 2.63. The maximum absolute atomic E-state index is 11.8. The van der Waals surface area contributed by atoms with Gasteiger partial charge >= 0.3 is 0 Å². The summed E-state index contributed by atoms with van der Waals surface area (Å²) in [6.45, 7) is 5.51. The Morgan fingerprint density at radius 3 is 2.10 bits per heavy atom. The SMILES string of the molecule is CC(C)(C)C(=O)Nc1ccc(NC(=O)c2nn[nH]n2)cc1. The van der Waals surface area contributed by atoms with Gasteiger partial charge in [-0.2, -0.15) is 5.21 Å².